The van der Waals surface area contributed by atoms with Gasteiger partial charge in [-0.2, -0.15) is 15.6 Å². The van der Waals surface area contributed by atoms with Crippen molar-refractivity contribution >= 4 is 21.4 Å². The molecule has 0 aliphatic carbocycles. The molecule has 1 aliphatic rings. The minimum Gasteiger partial charge on any atom is -0.207 e. The van der Waals surface area contributed by atoms with Gasteiger partial charge in [-0.1, -0.05) is 12.1 Å². The molecule has 2 aromatic rings. The summed E-state index contributed by atoms with van der Waals surface area (Å²) in [7, 11) is -3.32. The maximum Gasteiger partial charge on any atom is 0.243 e. The van der Waals surface area contributed by atoms with E-state index in [0.717, 1.165) is 29.5 Å². The normalized spacial score (nSPS) is 16.6. The smallest absolute Gasteiger partial charge is 0.207 e. The maximum atomic E-state index is 12.6. The Bertz CT molecular complexity index is 699. The molecule has 1 aromatic heterocycles. The number of nitrogens with zero attached hydrogens (tertiary/aromatic N) is 1. The number of aryl methyl sites for hydroxylation is 1. The van der Waals surface area contributed by atoms with Gasteiger partial charge >= 0.3 is 0 Å². The molecule has 20 heavy (non-hydrogen) atoms. The van der Waals surface area contributed by atoms with Crippen LogP contribution in [-0.2, 0) is 10.0 Å². The van der Waals surface area contributed by atoms with Crippen molar-refractivity contribution in [3.63, 3.8) is 0 Å². The van der Waals surface area contributed by atoms with Crippen molar-refractivity contribution in [1.82, 2.24) is 4.31 Å². The van der Waals surface area contributed by atoms with Gasteiger partial charge in [0.2, 0.25) is 10.0 Å². The van der Waals surface area contributed by atoms with Crippen LogP contribution in [0, 0.1) is 6.92 Å². The van der Waals surface area contributed by atoms with Crippen molar-refractivity contribution in [1.29, 1.82) is 0 Å². The summed E-state index contributed by atoms with van der Waals surface area (Å²) in [6.07, 6.45) is 1.93. The van der Waals surface area contributed by atoms with Crippen molar-refractivity contribution in [3.05, 3.63) is 40.6 Å². The van der Waals surface area contributed by atoms with E-state index in [1.54, 1.807) is 21.7 Å². The lowest BCUT2D eigenvalue weighted by molar-refractivity contribution is 0.477. The van der Waals surface area contributed by atoms with Crippen LogP contribution in [0.1, 0.15) is 18.4 Å². The fraction of sp³-hybridized carbons (Fsp3) is 0.333. The number of thiophene rings is 1. The molecule has 0 bridgehead atoms. The van der Waals surface area contributed by atoms with Crippen LogP contribution < -0.4 is 0 Å². The largest absolute Gasteiger partial charge is 0.243 e. The van der Waals surface area contributed by atoms with Gasteiger partial charge in [0, 0.05) is 13.1 Å². The average Bonchev–Trinajstić information content (AvgIpc) is 3.12. The molecular formula is C15H17NO2S2. The van der Waals surface area contributed by atoms with Crippen LogP contribution in [0.25, 0.3) is 11.1 Å². The first kappa shape index (κ1) is 13.8. The van der Waals surface area contributed by atoms with Gasteiger partial charge in [0.1, 0.15) is 0 Å². The van der Waals surface area contributed by atoms with Crippen LogP contribution in [0.4, 0.5) is 0 Å². The van der Waals surface area contributed by atoms with E-state index < -0.39 is 10.0 Å². The lowest BCUT2D eigenvalue weighted by atomic mass is 10.1. The zero-order chi connectivity index (χ0) is 14.2. The molecule has 1 fully saturated rings. The second-order valence-electron chi connectivity index (χ2n) is 5.10. The first-order valence-corrected chi connectivity index (χ1v) is 9.11. The highest BCUT2D eigenvalue weighted by Crippen LogP contribution is 2.28. The van der Waals surface area contributed by atoms with E-state index in [2.05, 4.69) is 5.38 Å². The first-order valence-electron chi connectivity index (χ1n) is 6.72. The molecule has 0 N–H and O–H groups in total. The van der Waals surface area contributed by atoms with Gasteiger partial charge in [0.15, 0.2) is 0 Å². The van der Waals surface area contributed by atoms with Crippen molar-refractivity contribution in [3.8, 4) is 11.1 Å². The molecule has 3 rings (SSSR count). The summed E-state index contributed by atoms with van der Waals surface area (Å²) in [6, 6.07) is 7.66. The van der Waals surface area contributed by atoms with Crippen molar-refractivity contribution in [2.45, 2.75) is 24.7 Å². The summed E-state index contributed by atoms with van der Waals surface area (Å²) >= 11 is 1.64. The highest BCUT2D eigenvalue weighted by Gasteiger charge is 2.28. The highest BCUT2D eigenvalue weighted by molar-refractivity contribution is 7.89. The number of rotatable bonds is 3. The number of sulfonamides is 1. The van der Waals surface area contributed by atoms with Crippen molar-refractivity contribution in [2.24, 2.45) is 0 Å². The SMILES string of the molecule is Cc1cc(-c2ccsc2)ccc1S(=O)(=O)N1CCCC1. The molecule has 3 nitrogen and oxygen atoms in total. The summed E-state index contributed by atoms with van der Waals surface area (Å²) in [6.45, 7) is 3.17. The van der Waals surface area contributed by atoms with E-state index in [0.29, 0.717) is 18.0 Å². The zero-order valence-electron chi connectivity index (χ0n) is 11.4. The minimum atomic E-state index is -3.32. The summed E-state index contributed by atoms with van der Waals surface area (Å²) in [5.41, 5.74) is 3.04. The molecule has 0 spiro atoms. The van der Waals surface area contributed by atoms with Crippen molar-refractivity contribution < 1.29 is 8.42 Å². The summed E-state index contributed by atoms with van der Waals surface area (Å²) in [5, 5.41) is 4.10. The molecule has 106 valence electrons. The highest BCUT2D eigenvalue weighted by atomic mass is 32.2. The van der Waals surface area contributed by atoms with E-state index in [1.165, 1.54) is 0 Å². The quantitative estimate of drug-likeness (QED) is 0.870. The molecule has 1 aliphatic heterocycles. The number of hydrogen-bond donors (Lipinski definition) is 0. The van der Waals surface area contributed by atoms with Crippen LogP contribution >= 0.6 is 11.3 Å². The third-order valence-corrected chi connectivity index (χ3v) is 6.45. The number of benzene rings is 1. The zero-order valence-corrected chi connectivity index (χ0v) is 13.0. The lowest BCUT2D eigenvalue weighted by Crippen LogP contribution is -2.28. The molecule has 1 aromatic carbocycles. The van der Waals surface area contributed by atoms with Crippen LogP contribution in [0.3, 0.4) is 0 Å². The van der Waals surface area contributed by atoms with Gasteiger partial charge in [-0.3, -0.25) is 0 Å². The lowest BCUT2D eigenvalue weighted by Gasteiger charge is -2.17. The Balaban J connectivity index is 1.99. The first-order chi connectivity index (χ1) is 9.59. The number of hydrogen-bond acceptors (Lipinski definition) is 3. The van der Waals surface area contributed by atoms with Crippen LogP contribution in [-0.4, -0.2) is 25.8 Å². The van der Waals surface area contributed by atoms with E-state index in [9.17, 15) is 8.42 Å². The van der Waals surface area contributed by atoms with E-state index in [4.69, 9.17) is 0 Å². The van der Waals surface area contributed by atoms with Gasteiger partial charge in [0.25, 0.3) is 0 Å². The molecule has 0 amide bonds. The average molecular weight is 307 g/mol. The van der Waals surface area contributed by atoms with E-state index in [-0.39, 0.29) is 0 Å². The minimum absolute atomic E-state index is 0.443. The fourth-order valence-electron chi connectivity index (χ4n) is 2.61. The molecule has 1 saturated heterocycles. The van der Waals surface area contributed by atoms with Gasteiger partial charge in [-0.15, -0.1) is 0 Å². The summed E-state index contributed by atoms with van der Waals surface area (Å²) < 4.78 is 26.8. The molecule has 5 heteroatoms. The van der Waals surface area contributed by atoms with Crippen LogP contribution in [0.2, 0.25) is 0 Å². The predicted molar refractivity (Wildman–Crippen MR) is 82.5 cm³/mol. The Hall–Kier alpha value is -1.17. The fourth-order valence-corrected chi connectivity index (χ4v) is 5.00. The Kier molecular flexibility index (Phi) is 3.67. The monoisotopic (exact) mass is 307 g/mol. The van der Waals surface area contributed by atoms with Gasteiger partial charge in [0.05, 0.1) is 4.90 Å². The van der Waals surface area contributed by atoms with Gasteiger partial charge in [-0.05, 0) is 59.3 Å². The second kappa shape index (κ2) is 5.31. The maximum absolute atomic E-state index is 12.6. The van der Waals surface area contributed by atoms with Crippen LogP contribution in [0.5, 0.6) is 0 Å². The van der Waals surface area contributed by atoms with Crippen molar-refractivity contribution in [2.75, 3.05) is 13.1 Å². The molecule has 0 radical (unpaired) electrons. The second-order valence-corrected chi connectivity index (χ2v) is 7.79. The summed E-state index contributed by atoms with van der Waals surface area (Å²) in [4.78, 5) is 0.443. The van der Waals surface area contributed by atoms with Crippen LogP contribution in [0.15, 0.2) is 39.9 Å². The van der Waals surface area contributed by atoms with Gasteiger partial charge < -0.3 is 0 Å². The standard InChI is InChI=1S/C15H17NO2S2/c1-12-10-13(14-6-9-19-11-14)4-5-15(12)20(17,18)16-7-2-3-8-16/h4-6,9-11H,2-3,7-8H2,1H3. The van der Waals surface area contributed by atoms with E-state index in [1.807, 2.05) is 30.5 Å². The van der Waals surface area contributed by atoms with Gasteiger partial charge in [-0.25, -0.2) is 8.42 Å². The molecular weight excluding hydrogens is 290 g/mol. The predicted octanol–water partition coefficient (Wildman–Crippen LogP) is 3.51. The topological polar surface area (TPSA) is 37.4 Å². The molecule has 0 unspecified atom stereocenters. The Morgan fingerprint density at radius 3 is 2.45 bits per heavy atom. The molecule has 0 atom stereocenters. The Morgan fingerprint density at radius 1 is 1.10 bits per heavy atom. The molecule has 2 heterocycles. The van der Waals surface area contributed by atoms with E-state index >= 15 is 0 Å². The summed E-state index contributed by atoms with van der Waals surface area (Å²) in [5.74, 6) is 0. The third-order valence-electron chi connectivity index (χ3n) is 3.71. The molecule has 0 saturated carbocycles. The Morgan fingerprint density at radius 2 is 1.85 bits per heavy atom. The third kappa shape index (κ3) is 2.41. The Labute approximate surface area is 123 Å².